The van der Waals surface area contributed by atoms with Crippen molar-refractivity contribution in [1.82, 2.24) is 10.3 Å². The van der Waals surface area contributed by atoms with Crippen molar-refractivity contribution in [3.63, 3.8) is 0 Å². The van der Waals surface area contributed by atoms with Gasteiger partial charge in [0.15, 0.2) is 0 Å². The molecule has 0 aromatic carbocycles. The molecule has 0 spiro atoms. The third kappa shape index (κ3) is 4.16. The average molecular weight is 224 g/mol. The average Bonchev–Trinajstić information content (AvgIpc) is 2.34. The predicted molar refractivity (Wildman–Crippen MR) is 63.6 cm³/mol. The molecule has 0 radical (unpaired) electrons. The van der Waals surface area contributed by atoms with Crippen molar-refractivity contribution in [2.45, 2.75) is 25.9 Å². The van der Waals surface area contributed by atoms with Gasteiger partial charge >= 0.3 is 0 Å². The van der Waals surface area contributed by atoms with Crippen LogP contribution in [0.2, 0.25) is 0 Å². The van der Waals surface area contributed by atoms with Crippen LogP contribution in [0.25, 0.3) is 0 Å². The second kappa shape index (κ2) is 7.19. The summed E-state index contributed by atoms with van der Waals surface area (Å²) in [4.78, 5) is 4.07. The van der Waals surface area contributed by atoms with Gasteiger partial charge in [-0.05, 0) is 18.1 Å². The molecule has 4 nitrogen and oxygen atoms in total. The Morgan fingerprint density at radius 2 is 2.25 bits per heavy atom. The van der Waals surface area contributed by atoms with E-state index in [0.717, 1.165) is 19.6 Å². The third-order valence-corrected chi connectivity index (χ3v) is 2.46. The Bertz CT molecular complexity index is 305. The Balaban J connectivity index is 2.46. The standard InChI is InChI=1S/C12H20N2O2/c1-4-11(9-15-2)14-8-10-5-6-13-12(7-10)16-3/h5-7,11,14H,4,8-9H2,1-3H3. The normalized spacial score (nSPS) is 12.4. The molecule has 16 heavy (non-hydrogen) atoms. The molecule has 1 aromatic heterocycles. The summed E-state index contributed by atoms with van der Waals surface area (Å²) in [6.07, 6.45) is 2.81. The van der Waals surface area contributed by atoms with Crippen LogP contribution in [0, 0.1) is 0 Å². The fourth-order valence-corrected chi connectivity index (χ4v) is 1.46. The molecule has 0 saturated heterocycles. The minimum Gasteiger partial charge on any atom is -0.481 e. The van der Waals surface area contributed by atoms with Crippen molar-refractivity contribution in [2.24, 2.45) is 0 Å². The van der Waals surface area contributed by atoms with Crippen LogP contribution in [-0.4, -0.2) is 31.9 Å². The van der Waals surface area contributed by atoms with E-state index >= 15 is 0 Å². The second-order valence-corrected chi connectivity index (χ2v) is 3.65. The van der Waals surface area contributed by atoms with Crippen LogP contribution in [0.3, 0.4) is 0 Å². The van der Waals surface area contributed by atoms with Crippen LogP contribution in [0.15, 0.2) is 18.3 Å². The lowest BCUT2D eigenvalue weighted by Crippen LogP contribution is -2.32. The van der Waals surface area contributed by atoms with Gasteiger partial charge < -0.3 is 14.8 Å². The molecule has 0 aliphatic heterocycles. The Morgan fingerprint density at radius 3 is 2.88 bits per heavy atom. The zero-order valence-corrected chi connectivity index (χ0v) is 10.2. The van der Waals surface area contributed by atoms with E-state index in [1.54, 1.807) is 20.4 Å². The molecule has 0 bridgehead atoms. The highest BCUT2D eigenvalue weighted by molar-refractivity contribution is 5.20. The molecule has 4 heteroatoms. The maximum absolute atomic E-state index is 5.13. The van der Waals surface area contributed by atoms with E-state index in [4.69, 9.17) is 9.47 Å². The fourth-order valence-electron chi connectivity index (χ4n) is 1.46. The Labute approximate surface area is 97.0 Å². The van der Waals surface area contributed by atoms with Crippen LogP contribution in [0.5, 0.6) is 5.88 Å². The highest BCUT2D eigenvalue weighted by atomic mass is 16.5. The van der Waals surface area contributed by atoms with Gasteiger partial charge in [-0.3, -0.25) is 0 Å². The lowest BCUT2D eigenvalue weighted by atomic mass is 10.2. The summed E-state index contributed by atoms with van der Waals surface area (Å²) in [5.41, 5.74) is 1.17. The summed E-state index contributed by atoms with van der Waals surface area (Å²) in [6.45, 7) is 3.68. The Morgan fingerprint density at radius 1 is 1.44 bits per heavy atom. The quantitative estimate of drug-likeness (QED) is 0.764. The van der Waals surface area contributed by atoms with Gasteiger partial charge in [0.1, 0.15) is 0 Å². The number of ether oxygens (including phenoxy) is 2. The maximum atomic E-state index is 5.13. The highest BCUT2D eigenvalue weighted by Crippen LogP contribution is 2.08. The van der Waals surface area contributed by atoms with Crippen molar-refractivity contribution in [1.29, 1.82) is 0 Å². The number of rotatable bonds is 7. The van der Waals surface area contributed by atoms with Crippen LogP contribution >= 0.6 is 0 Å². The summed E-state index contributed by atoms with van der Waals surface area (Å²) < 4.78 is 10.2. The first-order chi connectivity index (χ1) is 7.80. The number of aromatic nitrogens is 1. The zero-order chi connectivity index (χ0) is 11.8. The maximum Gasteiger partial charge on any atom is 0.213 e. The monoisotopic (exact) mass is 224 g/mol. The molecular weight excluding hydrogens is 204 g/mol. The van der Waals surface area contributed by atoms with Gasteiger partial charge in [-0.25, -0.2) is 4.98 Å². The summed E-state index contributed by atoms with van der Waals surface area (Å²) in [6, 6.07) is 4.31. The summed E-state index contributed by atoms with van der Waals surface area (Å²) in [7, 11) is 3.35. The Kier molecular flexibility index (Phi) is 5.82. The minimum absolute atomic E-state index is 0.393. The molecular formula is C12H20N2O2. The van der Waals surface area contributed by atoms with Crippen molar-refractivity contribution < 1.29 is 9.47 Å². The number of methoxy groups -OCH3 is 2. The molecule has 1 N–H and O–H groups in total. The Hall–Kier alpha value is -1.13. The molecule has 90 valence electrons. The first-order valence-electron chi connectivity index (χ1n) is 5.51. The molecule has 0 amide bonds. The fraction of sp³-hybridized carbons (Fsp3) is 0.583. The number of pyridine rings is 1. The van der Waals surface area contributed by atoms with Crippen LogP contribution in [-0.2, 0) is 11.3 Å². The molecule has 0 fully saturated rings. The molecule has 1 heterocycles. The number of nitrogens with one attached hydrogen (secondary N) is 1. The second-order valence-electron chi connectivity index (χ2n) is 3.65. The highest BCUT2D eigenvalue weighted by Gasteiger charge is 2.05. The van der Waals surface area contributed by atoms with Gasteiger partial charge in [-0.15, -0.1) is 0 Å². The molecule has 1 aromatic rings. The first-order valence-corrected chi connectivity index (χ1v) is 5.51. The summed E-state index contributed by atoms with van der Waals surface area (Å²) in [5.74, 6) is 0.652. The topological polar surface area (TPSA) is 43.4 Å². The lowest BCUT2D eigenvalue weighted by Gasteiger charge is -2.15. The predicted octanol–water partition coefficient (Wildman–Crippen LogP) is 1.60. The van der Waals surface area contributed by atoms with Crippen LogP contribution < -0.4 is 10.1 Å². The van der Waals surface area contributed by atoms with Crippen molar-refractivity contribution in [3.8, 4) is 5.88 Å². The van der Waals surface area contributed by atoms with Crippen molar-refractivity contribution in [3.05, 3.63) is 23.9 Å². The molecule has 1 unspecified atom stereocenters. The van der Waals surface area contributed by atoms with Crippen molar-refractivity contribution in [2.75, 3.05) is 20.8 Å². The number of nitrogens with zero attached hydrogens (tertiary/aromatic N) is 1. The van der Waals surface area contributed by atoms with Gasteiger partial charge in [0.05, 0.1) is 13.7 Å². The molecule has 1 rings (SSSR count). The smallest absolute Gasteiger partial charge is 0.213 e. The SMILES string of the molecule is CCC(COC)NCc1ccnc(OC)c1. The van der Waals surface area contributed by atoms with E-state index < -0.39 is 0 Å². The van der Waals surface area contributed by atoms with Crippen LogP contribution in [0.4, 0.5) is 0 Å². The number of hydrogen-bond donors (Lipinski definition) is 1. The largest absolute Gasteiger partial charge is 0.481 e. The van der Waals surface area contributed by atoms with E-state index in [1.165, 1.54) is 5.56 Å². The zero-order valence-electron chi connectivity index (χ0n) is 10.2. The lowest BCUT2D eigenvalue weighted by molar-refractivity contribution is 0.164. The van der Waals surface area contributed by atoms with Gasteiger partial charge in [-0.1, -0.05) is 6.92 Å². The number of hydrogen-bond acceptors (Lipinski definition) is 4. The summed E-state index contributed by atoms with van der Waals surface area (Å²) >= 11 is 0. The van der Waals surface area contributed by atoms with E-state index in [2.05, 4.69) is 17.2 Å². The van der Waals surface area contributed by atoms with Gasteiger partial charge in [0.25, 0.3) is 0 Å². The van der Waals surface area contributed by atoms with E-state index in [-0.39, 0.29) is 0 Å². The molecule has 1 atom stereocenters. The van der Waals surface area contributed by atoms with Gasteiger partial charge in [-0.2, -0.15) is 0 Å². The molecule has 0 aliphatic carbocycles. The van der Waals surface area contributed by atoms with Crippen LogP contribution in [0.1, 0.15) is 18.9 Å². The molecule has 0 saturated carbocycles. The van der Waals surface area contributed by atoms with Gasteiger partial charge in [0.2, 0.25) is 5.88 Å². The van der Waals surface area contributed by atoms with Gasteiger partial charge in [0, 0.05) is 32.0 Å². The first kappa shape index (κ1) is 12.9. The minimum atomic E-state index is 0.393. The summed E-state index contributed by atoms with van der Waals surface area (Å²) in [5, 5.41) is 3.43. The third-order valence-electron chi connectivity index (χ3n) is 2.46. The van der Waals surface area contributed by atoms with E-state index in [0.29, 0.717) is 11.9 Å². The van der Waals surface area contributed by atoms with Crippen molar-refractivity contribution >= 4 is 0 Å². The molecule has 0 aliphatic rings. The van der Waals surface area contributed by atoms with E-state index in [1.807, 2.05) is 12.1 Å². The van der Waals surface area contributed by atoms with E-state index in [9.17, 15) is 0 Å².